The van der Waals surface area contributed by atoms with Crippen LogP contribution in [0.5, 0.6) is 5.75 Å². The molecular formula is C25H43IN4O2. The van der Waals surface area contributed by atoms with E-state index >= 15 is 0 Å². The summed E-state index contributed by atoms with van der Waals surface area (Å²) in [5, 5.41) is 6.87. The number of nitrogens with one attached hydrogen (secondary N) is 2. The fourth-order valence-corrected chi connectivity index (χ4v) is 4.15. The van der Waals surface area contributed by atoms with E-state index in [4.69, 9.17) is 14.5 Å². The standard InChI is InChI=1S/C25H42N4O2.HI/c1-4-26-25(27-12-5-6-13-29-14-9-20(2)10-15-29)28-18-22-8-7-21(3)17-24(22)31-23-11-16-30-19-23;/h7-8,17,20,23H,4-6,9-16,18-19H2,1-3H3,(H2,26,27,28);1H. The quantitative estimate of drug-likeness (QED) is 0.194. The van der Waals surface area contributed by atoms with E-state index in [1.54, 1.807) is 0 Å². The van der Waals surface area contributed by atoms with Gasteiger partial charge in [0.15, 0.2) is 5.96 Å². The Bertz CT molecular complexity index is 687. The molecule has 0 amide bonds. The maximum Gasteiger partial charge on any atom is 0.191 e. The molecular weight excluding hydrogens is 515 g/mol. The molecule has 1 aromatic rings. The smallest absolute Gasteiger partial charge is 0.191 e. The van der Waals surface area contributed by atoms with Gasteiger partial charge in [-0.1, -0.05) is 19.1 Å². The number of unbranched alkanes of at least 4 members (excludes halogenated alkanes) is 1. The SMILES string of the molecule is CCNC(=NCc1ccc(C)cc1OC1CCOC1)NCCCCN1CCC(C)CC1.I. The molecule has 0 bridgehead atoms. The van der Waals surface area contributed by atoms with Gasteiger partial charge in [0.25, 0.3) is 0 Å². The number of guanidine groups is 1. The van der Waals surface area contributed by atoms with Gasteiger partial charge in [-0.25, -0.2) is 4.99 Å². The summed E-state index contributed by atoms with van der Waals surface area (Å²) in [4.78, 5) is 7.44. The van der Waals surface area contributed by atoms with Crippen molar-refractivity contribution >= 4 is 29.9 Å². The van der Waals surface area contributed by atoms with Gasteiger partial charge in [-0.2, -0.15) is 0 Å². The van der Waals surface area contributed by atoms with Crippen LogP contribution in [0.4, 0.5) is 0 Å². The van der Waals surface area contributed by atoms with Crippen LogP contribution in [0.3, 0.4) is 0 Å². The average molecular weight is 559 g/mol. The Hall–Kier alpha value is -1.06. The van der Waals surface area contributed by atoms with Gasteiger partial charge in [-0.05, 0) is 76.7 Å². The van der Waals surface area contributed by atoms with Gasteiger partial charge in [-0.15, -0.1) is 24.0 Å². The number of rotatable bonds is 10. The Labute approximate surface area is 211 Å². The number of piperidine rings is 1. The van der Waals surface area contributed by atoms with Crippen molar-refractivity contribution in [3.8, 4) is 5.75 Å². The summed E-state index contributed by atoms with van der Waals surface area (Å²) in [6.45, 7) is 14.2. The highest BCUT2D eigenvalue weighted by atomic mass is 127. The number of nitrogens with zero attached hydrogens (tertiary/aromatic N) is 2. The van der Waals surface area contributed by atoms with E-state index in [-0.39, 0.29) is 30.1 Å². The third-order valence-electron chi connectivity index (χ3n) is 6.23. The number of hydrogen-bond donors (Lipinski definition) is 2. The summed E-state index contributed by atoms with van der Waals surface area (Å²) >= 11 is 0. The second-order valence-electron chi connectivity index (χ2n) is 9.07. The molecule has 6 nitrogen and oxygen atoms in total. The van der Waals surface area contributed by atoms with Crippen LogP contribution in [-0.2, 0) is 11.3 Å². The van der Waals surface area contributed by atoms with Gasteiger partial charge in [0.1, 0.15) is 11.9 Å². The van der Waals surface area contributed by atoms with E-state index in [1.807, 2.05) is 0 Å². The normalized spacial score (nSPS) is 20.1. The average Bonchev–Trinajstić information content (AvgIpc) is 3.27. The van der Waals surface area contributed by atoms with Crippen molar-refractivity contribution in [3.63, 3.8) is 0 Å². The molecule has 7 heteroatoms. The van der Waals surface area contributed by atoms with Crippen molar-refractivity contribution in [2.75, 3.05) is 45.9 Å². The Kier molecular flexibility index (Phi) is 12.7. The highest BCUT2D eigenvalue weighted by Gasteiger charge is 2.19. The fraction of sp³-hybridized carbons (Fsp3) is 0.720. The van der Waals surface area contributed by atoms with Gasteiger partial charge in [0, 0.05) is 25.1 Å². The minimum Gasteiger partial charge on any atom is -0.488 e. The van der Waals surface area contributed by atoms with Crippen molar-refractivity contribution in [2.24, 2.45) is 10.9 Å². The largest absolute Gasteiger partial charge is 0.488 e. The maximum absolute atomic E-state index is 6.22. The van der Waals surface area contributed by atoms with E-state index in [2.05, 4.69) is 54.5 Å². The number of aliphatic imine (C=N–C) groups is 1. The van der Waals surface area contributed by atoms with E-state index in [9.17, 15) is 0 Å². The van der Waals surface area contributed by atoms with Crippen LogP contribution in [0, 0.1) is 12.8 Å². The lowest BCUT2D eigenvalue weighted by atomic mass is 9.99. The van der Waals surface area contributed by atoms with Crippen molar-refractivity contribution < 1.29 is 9.47 Å². The topological polar surface area (TPSA) is 58.1 Å². The highest BCUT2D eigenvalue weighted by Crippen LogP contribution is 2.24. The van der Waals surface area contributed by atoms with Crippen LogP contribution in [0.25, 0.3) is 0 Å². The van der Waals surface area contributed by atoms with Crippen LogP contribution >= 0.6 is 24.0 Å². The zero-order valence-corrected chi connectivity index (χ0v) is 22.5. The van der Waals surface area contributed by atoms with Crippen molar-refractivity contribution in [3.05, 3.63) is 29.3 Å². The molecule has 32 heavy (non-hydrogen) atoms. The van der Waals surface area contributed by atoms with Crippen molar-refractivity contribution in [2.45, 2.75) is 65.5 Å². The van der Waals surface area contributed by atoms with Crippen molar-refractivity contribution in [1.82, 2.24) is 15.5 Å². The lowest BCUT2D eigenvalue weighted by Gasteiger charge is -2.30. The Morgan fingerprint density at radius 3 is 2.72 bits per heavy atom. The van der Waals surface area contributed by atoms with Crippen LogP contribution in [-0.4, -0.2) is 62.9 Å². The van der Waals surface area contributed by atoms with Crippen LogP contribution in [0.15, 0.2) is 23.2 Å². The third-order valence-corrected chi connectivity index (χ3v) is 6.23. The summed E-state index contributed by atoms with van der Waals surface area (Å²) in [5.74, 6) is 2.72. The van der Waals surface area contributed by atoms with E-state index < -0.39 is 0 Å². The molecule has 2 N–H and O–H groups in total. The number of halogens is 1. The second kappa shape index (κ2) is 15.0. The minimum absolute atomic E-state index is 0. The molecule has 1 unspecified atom stereocenters. The minimum atomic E-state index is 0. The Morgan fingerprint density at radius 2 is 2.00 bits per heavy atom. The summed E-state index contributed by atoms with van der Waals surface area (Å²) in [6, 6.07) is 6.38. The number of benzene rings is 1. The number of aryl methyl sites for hydroxylation is 1. The molecule has 1 aromatic carbocycles. The second-order valence-corrected chi connectivity index (χ2v) is 9.07. The molecule has 2 heterocycles. The van der Waals surface area contributed by atoms with E-state index in [0.717, 1.165) is 55.7 Å². The number of ether oxygens (including phenoxy) is 2. The van der Waals surface area contributed by atoms with Gasteiger partial charge < -0.3 is 25.0 Å². The van der Waals surface area contributed by atoms with Gasteiger partial charge in [0.2, 0.25) is 0 Å². The van der Waals surface area contributed by atoms with Gasteiger partial charge >= 0.3 is 0 Å². The molecule has 182 valence electrons. The molecule has 0 radical (unpaired) electrons. The van der Waals surface area contributed by atoms with Gasteiger partial charge in [-0.3, -0.25) is 0 Å². The molecule has 0 spiro atoms. The first-order chi connectivity index (χ1) is 15.1. The van der Waals surface area contributed by atoms with Gasteiger partial charge in [0.05, 0.1) is 19.8 Å². The third kappa shape index (κ3) is 9.43. The Morgan fingerprint density at radius 1 is 1.19 bits per heavy atom. The summed E-state index contributed by atoms with van der Waals surface area (Å²) in [7, 11) is 0. The monoisotopic (exact) mass is 558 g/mol. The van der Waals surface area contributed by atoms with Crippen LogP contribution in [0.2, 0.25) is 0 Å². The Balaban J connectivity index is 0.00000363. The predicted molar refractivity (Wildman–Crippen MR) is 143 cm³/mol. The first-order valence-electron chi connectivity index (χ1n) is 12.2. The fourth-order valence-electron chi connectivity index (χ4n) is 4.15. The molecule has 2 fully saturated rings. The molecule has 2 aliphatic heterocycles. The van der Waals surface area contributed by atoms with Crippen molar-refractivity contribution in [1.29, 1.82) is 0 Å². The first kappa shape index (κ1) is 27.2. The molecule has 1 atom stereocenters. The molecule has 0 aromatic heterocycles. The summed E-state index contributed by atoms with van der Waals surface area (Å²) in [6.07, 6.45) is 6.22. The van der Waals surface area contributed by atoms with E-state index in [1.165, 1.54) is 44.5 Å². The van der Waals surface area contributed by atoms with E-state index in [0.29, 0.717) is 13.2 Å². The highest BCUT2D eigenvalue weighted by molar-refractivity contribution is 14.0. The predicted octanol–water partition coefficient (Wildman–Crippen LogP) is 4.35. The lowest BCUT2D eigenvalue weighted by molar-refractivity contribution is 0.140. The molecule has 0 aliphatic carbocycles. The zero-order valence-electron chi connectivity index (χ0n) is 20.2. The van der Waals surface area contributed by atoms with Crippen LogP contribution < -0.4 is 15.4 Å². The number of likely N-dealkylation sites (tertiary alicyclic amines) is 1. The molecule has 3 rings (SSSR count). The number of hydrogen-bond acceptors (Lipinski definition) is 4. The lowest BCUT2D eigenvalue weighted by Crippen LogP contribution is -2.38. The maximum atomic E-state index is 6.22. The molecule has 2 aliphatic rings. The zero-order chi connectivity index (χ0) is 21.9. The van der Waals surface area contributed by atoms with Crippen LogP contribution in [0.1, 0.15) is 57.1 Å². The summed E-state index contributed by atoms with van der Waals surface area (Å²) < 4.78 is 11.7. The molecule has 0 saturated carbocycles. The first-order valence-corrected chi connectivity index (χ1v) is 12.2. The summed E-state index contributed by atoms with van der Waals surface area (Å²) in [5.41, 5.74) is 2.32. The molecule has 2 saturated heterocycles.